The van der Waals surface area contributed by atoms with Crippen molar-refractivity contribution in [3.05, 3.63) is 47.0 Å². The van der Waals surface area contributed by atoms with Crippen molar-refractivity contribution < 1.29 is 9.18 Å². The van der Waals surface area contributed by atoms with E-state index in [0.717, 1.165) is 43.6 Å². The number of hydrogen-bond acceptors (Lipinski definition) is 3. The summed E-state index contributed by atoms with van der Waals surface area (Å²) in [5, 5.41) is 4.46. The molecule has 24 heavy (non-hydrogen) atoms. The van der Waals surface area contributed by atoms with Gasteiger partial charge in [0.05, 0.1) is 0 Å². The standard InChI is InChI=1S/C18H21FN4O/c1-21-16-4-2-3-15(16)17(20-21)18(24)23-11-9-22(10-12-23)14-7-5-13(19)6-8-14/h5-8H,2-4,9-12H2,1H3. The highest BCUT2D eigenvalue weighted by Gasteiger charge is 2.29. The van der Waals surface area contributed by atoms with Gasteiger partial charge in [-0.25, -0.2) is 4.39 Å². The molecule has 2 aromatic rings. The number of anilines is 1. The minimum Gasteiger partial charge on any atom is -0.368 e. The number of nitrogens with zero attached hydrogens (tertiary/aromatic N) is 4. The van der Waals surface area contributed by atoms with Gasteiger partial charge in [-0.15, -0.1) is 0 Å². The van der Waals surface area contributed by atoms with Crippen LogP contribution < -0.4 is 4.90 Å². The van der Waals surface area contributed by atoms with Crippen LogP contribution in [-0.2, 0) is 19.9 Å². The zero-order valence-electron chi connectivity index (χ0n) is 13.8. The van der Waals surface area contributed by atoms with Gasteiger partial charge in [0.2, 0.25) is 0 Å². The van der Waals surface area contributed by atoms with Crippen LogP contribution in [0.3, 0.4) is 0 Å². The molecule has 1 aliphatic heterocycles. The first-order chi connectivity index (χ1) is 11.6. The van der Waals surface area contributed by atoms with Crippen LogP contribution >= 0.6 is 0 Å². The first-order valence-electron chi connectivity index (χ1n) is 8.48. The molecule has 0 atom stereocenters. The summed E-state index contributed by atoms with van der Waals surface area (Å²) < 4.78 is 14.9. The Labute approximate surface area is 140 Å². The lowest BCUT2D eigenvalue weighted by atomic mass is 10.1. The summed E-state index contributed by atoms with van der Waals surface area (Å²) in [5.41, 5.74) is 3.99. The van der Waals surface area contributed by atoms with Gasteiger partial charge in [-0.05, 0) is 43.5 Å². The molecular formula is C18H21FN4O. The average molecular weight is 328 g/mol. The first-order valence-corrected chi connectivity index (χ1v) is 8.48. The number of piperazine rings is 1. The Morgan fingerprint density at radius 1 is 1.08 bits per heavy atom. The molecule has 0 bridgehead atoms. The normalized spacial score (nSPS) is 17.2. The van der Waals surface area contributed by atoms with E-state index in [4.69, 9.17) is 0 Å². The van der Waals surface area contributed by atoms with Gasteiger partial charge in [-0.1, -0.05) is 0 Å². The van der Waals surface area contributed by atoms with E-state index >= 15 is 0 Å². The molecule has 0 spiro atoms. The van der Waals surface area contributed by atoms with Gasteiger partial charge in [-0.2, -0.15) is 5.10 Å². The van der Waals surface area contributed by atoms with Gasteiger partial charge in [-0.3, -0.25) is 9.48 Å². The summed E-state index contributed by atoms with van der Waals surface area (Å²) in [5.74, 6) is -0.177. The molecule has 2 aliphatic rings. The fourth-order valence-corrected chi connectivity index (χ4v) is 3.75. The lowest BCUT2D eigenvalue weighted by Crippen LogP contribution is -2.49. The third-order valence-electron chi connectivity index (χ3n) is 5.08. The third-order valence-corrected chi connectivity index (χ3v) is 5.08. The lowest BCUT2D eigenvalue weighted by Gasteiger charge is -2.36. The average Bonchev–Trinajstić information content (AvgIpc) is 3.20. The molecule has 126 valence electrons. The first kappa shape index (κ1) is 15.2. The maximum absolute atomic E-state index is 13.0. The Morgan fingerprint density at radius 2 is 1.79 bits per heavy atom. The quantitative estimate of drug-likeness (QED) is 0.847. The van der Waals surface area contributed by atoms with E-state index in [1.54, 1.807) is 12.1 Å². The van der Waals surface area contributed by atoms with Crippen LogP contribution in [0.4, 0.5) is 10.1 Å². The smallest absolute Gasteiger partial charge is 0.274 e. The number of rotatable bonds is 2. The number of carbonyl (C=O) groups excluding carboxylic acids is 1. The predicted molar refractivity (Wildman–Crippen MR) is 89.7 cm³/mol. The van der Waals surface area contributed by atoms with Crippen molar-refractivity contribution >= 4 is 11.6 Å². The molecular weight excluding hydrogens is 307 g/mol. The summed E-state index contributed by atoms with van der Waals surface area (Å²) in [6.07, 6.45) is 3.09. The highest BCUT2D eigenvalue weighted by atomic mass is 19.1. The molecule has 0 N–H and O–H groups in total. The van der Waals surface area contributed by atoms with Gasteiger partial charge < -0.3 is 9.80 Å². The van der Waals surface area contributed by atoms with Crippen LogP contribution in [0.1, 0.15) is 28.2 Å². The van der Waals surface area contributed by atoms with Crippen molar-refractivity contribution in [2.24, 2.45) is 7.05 Å². The molecule has 6 heteroatoms. The van der Waals surface area contributed by atoms with Gasteiger partial charge in [0.25, 0.3) is 5.91 Å². The molecule has 1 saturated heterocycles. The molecule has 1 amide bonds. The zero-order chi connectivity index (χ0) is 16.7. The molecule has 2 heterocycles. The Bertz CT molecular complexity index is 760. The molecule has 0 unspecified atom stereocenters. The van der Waals surface area contributed by atoms with E-state index in [2.05, 4.69) is 10.00 Å². The second kappa shape index (κ2) is 5.92. The second-order valence-electron chi connectivity index (χ2n) is 6.51. The number of aryl methyl sites for hydroxylation is 1. The largest absolute Gasteiger partial charge is 0.368 e. The van der Waals surface area contributed by atoms with Gasteiger partial charge >= 0.3 is 0 Å². The van der Waals surface area contributed by atoms with E-state index in [0.29, 0.717) is 18.8 Å². The van der Waals surface area contributed by atoms with Crippen LogP contribution in [0.2, 0.25) is 0 Å². The summed E-state index contributed by atoms with van der Waals surface area (Å²) in [7, 11) is 1.92. The van der Waals surface area contributed by atoms with Crippen molar-refractivity contribution in [1.82, 2.24) is 14.7 Å². The molecule has 0 radical (unpaired) electrons. The number of hydrogen-bond donors (Lipinski definition) is 0. The minimum absolute atomic E-state index is 0.0486. The van der Waals surface area contributed by atoms with Crippen molar-refractivity contribution in [1.29, 1.82) is 0 Å². The van der Waals surface area contributed by atoms with Gasteiger partial charge in [0.1, 0.15) is 5.82 Å². The minimum atomic E-state index is -0.225. The van der Waals surface area contributed by atoms with E-state index in [-0.39, 0.29) is 11.7 Å². The summed E-state index contributed by atoms with van der Waals surface area (Å²) in [6.45, 7) is 2.85. The van der Waals surface area contributed by atoms with Crippen LogP contribution in [0.5, 0.6) is 0 Å². The van der Waals surface area contributed by atoms with Crippen molar-refractivity contribution in [3.8, 4) is 0 Å². The summed E-state index contributed by atoms with van der Waals surface area (Å²) in [6, 6.07) is 6.53. The Balaban J connectivity index is 1.45. The van der Waals surface area contributed by atoms with Crippen LogP contribution in [0.15, 0.2) is 24.3 Å². The maximum Gasteiger partial charge on any atom is 0.274 e. The Kier molecular flexibility index (Phi) is 3.75. The molecule has 0 saturated carbocycles. The fraction of sp³-hybridized carbons (Fsp3) is 0.444. The molecule has 1 aliphatic carbocycles. The third kappa shape index (κ3) is 2.56. The molecule has 5 nitrogen and oxygen atoms in total. The number of benzene rings is 1. The van der Waals surface area contributed by atoms with Crippen LogP contribution in [0.25, 0.3) is 0 Å². The Hall–Kier alpha value is -2.37. The monoisotopic (exact) mass is 328 g/mol. The van der Waals surface area contributed by atoms with Crippen LogP contribution in [0, 0.1) is 5.82 Å². The maximum atomic E-state index is 13.0. The van der Waals surface area contributed by atoms with Crippen molar-refractivity contribution in [2.75, 3.05) is 31.1 Å². The summed E-state index contributed by atoms with van der Waals surface area (Å²) in [4.78, 5) is 16.9. The number of carbonyl (C=O) groups is 1. The number of halogens is 1. The van der Waals surface area contributed by atoms with E-state index in [1.807, 2.05) is 16.6 Å². The van der Waals surface area contributed by atoms with E-state index in [1.165, 1.54) is 17.8 Å². The SMILES string of the molecule is Cn1nc(C(=O)N2CCN(c3ccc(F)cc3)CC2)c2c1CCC2. The molecule has 1 fully saturated rings. The molecule has 4 rings (SSSR count). The van der Waals surface area contributed by atoms with Gasteiger partial charge in [0, 0.05) is 50.2 Å². The summed E-state index contributed by atoms with van der Waals surface area (Å²) >= 11 is 0. The molecule has 1 aromatic heterocycles. The zero-order valence-corrected chi connectivity index (χ0v) is 13.8. The highest BCUT2D eigenvalue weighted by Crippen LogP contribution is 2.26. The molecule has 1 aromatic carbocycles. The van der Waals surface area contributed by atoms with E-state index in [9.17, 15) is 9.18 Å². The van der Waals surface area contributed by atoms with E-state index < -0.39 is 0 Å². The number of amides is 1. The van der Waals surface area contributed by atoms with Gasteiger partial charge in [0.15, 0.2) is 5.69 Å². The van der Waals surface area contributed by atoms with Crippen molar-refractivity contribution in [2.45, 2.75) is 19.3 Å². The fourth-order valence-electron chi connectivity index (χ4n) is 3.75. The van der Waals surface area contributed by atoms with Crippen molar-refractivity contribution in [3.63, 3.8) is 0 Å². The number of fused-ring (bicyclic) bond motifs is 1. The number of aromatic nitrogens is 2. The lowest BCUT2D eigenvalue weighted by molar-refractivity contribution is 0.0739. The highest BCUT2D eigenvalue weighted by molar-refractivity contribution is 5.94. The topological polar surface area (TPSA) is 41.4 Å². The Morgan fingerprint density at radius 3 is 2.50 bits per heavy atom. The van der Waals surface area contributed by atoms with Crippen LogP contribution in [-0.4, -0.2) is 46.8 Å². The second-order valence-corrected chi connectivity index (χ2v) is 6.51. The predicted octanol–water partition coefficient (Wildman–Crippen LogP) is 2.01.